The van der Waals surface area contributed by atoms with E-state index in [1.807, 2.05) is 6.92 Å². The van der Waals surface area contributed by atoms with Crippen LogP contribution in [0.5, 0.6) is 0 Å². The Bertz CT molecular complexity index is 599. The fraction of sp³-hybridized carbons (Fsp3) is 0.312. The molecule has 0 fully saturated rings. The van der Waals surface area contributed by atoms with E-state index in [9.17, 15) is 13.9 Å². The fourth-order valence-corrected chi connectivity index (χ4v) is 2.05. The predicted molar refractivity (Wildman–Crippen MR) is 76.6 cm³/mol. The Morgan fingerprint density at radius 2 is 1.86 bits per heavy atom. The first-order chi connectivity index (χ1) is 9.88. The molecule has 0 aliphatic carbocycles. The second-order valence-electron chi connectivity index (χ2n) is 5.32. The number of aromatic nitrogens is 1. The molecule has 0 aliphatic rings. The highest BCUT2D eigenvalue weighted by Crippen LogP contribution is 2.21. The maximum absolute atomic E-state index is 13.1. The standard InChI is InChI=1S/C16H18F2N2O/c1-11(12-7-15(18)9-19-8-12)20-10-16(2,21)13-3-5-14(17)6-4-13/h3-9,11,20-21H,10H2,1-2H3. The number of nitrogens with one attached hydrogen (secondary N) is 1. The van der Waals surface area contributed by atoms with Gasteiger partial charge in [-0.3, -0.25) is 4.98 Å². The van der Waals surface area contributed by atoms with Gasteiger partial charge in [0.05, 0.1) is 11.8 Å². The minimum absolute atomic E-state index is 0.167. The molecule has 0 radical (unpaired) electrons. The Hall–Kier alpha value is -1.85. The van der Waals surface area contributed by atoms with Crippen molar-refractivity contribution in [1.29, 1.82) is 0 Å². The summed E-state index contributed by atoms with van der Waals surface area (Å²) in [5, 5.41) is 13.6. The Morgan fingerprint density at radius 3 is 2.48 bits per heavy atom. The molecule has 112 valence electrons. The van der Waals surface area contributed by atoms with Crippen LogP contribution in [0.3, 0.4) is 0 Å². The first-order valence-electron chi connectivity index (χ1n) is 6.71. The van der Waals surface area contributed by atoms with Gasteiger partial charge in [-0.15, -0.1) is 0 Å². The molecule has 1 aromatic heterocycles. The lowest BCUT2D eigenvalue weighted by Gasteiger charge is -2.26. The summed E-state index contributed by atoms with van der Waals surface area (Å²) in [6.45, 7) is 3.75. The number of nitrogens with zero attached hydrogens (tertiary/aromatic N) is 1. The zero-order valence-electron chi connectivity index (χ0n) is 12.0. The molecule has 1 heterocycles. The second kappa shape index (κ2) is 6.28. The highest BCUT2D eigenvalue weighted by Gasteiger charge is 2.23. The van der Waals surface area contributed by atoms with Crippen LogP contribution in [0.4, 0.5) is 8.78 Å². The van der Waals surface area contributed by atoms with E-state index in [4.69, 9.17) is 0 Å². The Kier molecular flexibility index (Phi) is 4.65. The van der Waals surface area contributed by atoms with Crippen LogP contribution in [0.15, 0.2) is 42.7 Å². The first-order valence-corrected chi connectivity index (χ1v) is 6.71. The Morgan fingerprint density at radius 1 is 1.19 bits per heavy atom. The molecule has 0 amide bonds. The van der Waals surface area contributed by atoms with Crippen molar-refractivity contribution in [3.8, 4) is 0 Å². The number of hydrogen-bond acceptors (Lipinski definition) is 3. The van der Waals surface area contributed by atoms with Gasteiger partial charge in [0.2, 0.25) is 0 Å². The summed E-state index contributed by atoms with van der Waals surface area (Å²) < 4.78 is 26.0. The van der Waals surface area contributed by atoms with E-state index < -0.39 is 11.4 Å². The average Bonchev–Trinajstić information content (AvgIpc) is 2.45. The molecule has 21 heavy (non-hydrogen) atoms. The molecule has 2 N–H and O–H groups in total. The Balaban J connectivity index is 2.02. The van der Waals surface area contributed by atoms with Crippen LogP contribution in [-0.2, 0) is 5.60 Å². The SMILES string of the molecule is CC(NCC(C)(O)c1ccc(F)cc1)c1cncc(F)c1. The summed E-state index contributed by atoms with van der Waals surface area (Å²) in [6, 6.07) is 6.95. The van der Waals surface area contributed by atoms with Crippen molar-refractivity contribution in [3.05, 3.63) is 65.5 Å². The number of halogens is 2. The molecule has 2 atom stereocenters. The lowest BCUT2D eigenvalue weighted by atomic mass is 9.95. The van der Waals surface area contributed by atoms with Gasteiger partial charge in [-0.1, -0.05) is 12.1 Å². The van der Waals surface area contributed by atoms with Crippen LogP contribution in [0, 0.1) is 11.6 Å². The van der Waals surface area contributed by atoms with Crippen LogP contribution in [0.25, 0.3) is 0 Å². The van der Waals surface area contributed by atoms with Crippen molar-refractivity contribution in [2.45, 2.75) is 25.5 Å². The molecule has 0 saturated heterocycles. The summed E-state index contributed by atoms with van der Waals surface area (Å²) in [4.78, 5) is 3.80. The molecule has 0 bridgehead atoms. The van der Waals surface area contributed by atoms with E-state index in [0.717, 1.165) is 6.20 Å². The third-order valence-corrected chi connectivity index (χ3v) is 3.44. The van der Waals surface area contributed by atoms with E-state index >= 15 is 0 Å². The molecule has 2 aromatic rings. The van der Waals surface area contributed by atoms with Gasteiger partial charge in [-0.25, -0.2) is 8.78 Å². The van der Waals surface area contributed by atoms with Crippen molar-refractivity contribution in [2.24, 2.45) is 0 Å². The summed E-state index contributed by atoms with van der Waals surface area (Å²) in [7, 11) is 0. The normalized spacial score (nSPS) is 15.5. The molecular formula is C16H18F2N2O. The quantitative estimate of drug-likeness (QED) is 0.890. The van der Waals surface area contributed by atoms with Crippen LogP contribution in [0.1, 0.15) is 31.0 Å². The largest absolute Gasteiger partial charge is 0.384 e. The molecule has 2 unspecified atom stereocenters. The highest BCUT2D eigenvalue weighted by molar-refractivity contribution is 5.23. The number of aliphatic hydroxyl groups is 1. The van der Waals surface area contributed by atoms with Crippen molar-refractivity contribution < 1.29 is 13.9 Å². The van der Waals surface area contributed by atoms with E-state index in [2.05, 4.69) is 10.3 Å². The summed E-state index contributed by atoms with van der Waals surface area (Å²) >= 11 is 0. The van der Waals surface area contributed by atoms with Crippen molar-refractivity contribution >= 4 is 0 Å². The highest BCUT2D eigenvalue weighted by atomic mass is 19.1. The molecule has 1 aromatic carbocycles. The van der Waals surface area contributed by atoms with Crippen molar-refractivity contribution in [2.75, 3.05) is 6.54 Å². The van der Waals surface area contributed by atoms with E-state index in [1.54, 1.807) is 25.3 Å². The molecule has 5 heteroatoms. The third kappa shape index (κ3) is 4.06. The van der Waals surface area contributed by atoms with Gasteiger partial charge >= 0.3 is 0 Å². The van der Waals surface area contributed by atoms with Gasteiger partial charge in [-0.05, 0) is 43.2 Å². The molecule has 3 nitrogen and oxygen atoms in total. The van der Waals surface area contributed by atoms with Gasteiger partial charge in [-0.2, -0.15) is 0 Å². The van der Waals surface area contributed by atoms with Crippen LogP contribution < -0.4 is 5.32 Å². The minimum Gasteiger partial charge on any atom is -0.384 e. The molecule has 2 rings (SSSR count). The number of rotatable bonds is 5. The van der Waals surface area contributed by atoms with Gasteiger partial charge < -0.3 is 10.4 Å². The summed E-state index contributed by atoms with van der Waals surface area (Å²) in [6.07, 6.45) is 2.72. The monoisotopic (exact) mass is 292 g/mol. The maximum Gasteiger partial charge on any atom is 0.141 e. The van der Waals surface area contributed by atoms with Crippen LogP contribution >= 0.6 is 0 Å². The van der Waals surface area contributed by atoms with Gasteiger partial charge in [0.25, 0.3) is 0 Å². The molecule has 0 spiro atoms. The van der Waals surface area contributed by atoms with Gasteiger partial charge in [0.15, 0.2) is 0 Å². The third-order valence-electron chi connectivity index (χ3n) is 3.44. The fourth-order valence-electron chi connectivity index (χ4n) is 2.05. The molecular weight excluding hydrogens is 274 g/mol. The zero-order chi connectivity index (χ0) is 15.5. The summed E-state index contributed by atoms with van der Waals surface area (Å²) in [5.41, 5.74) is 0.161. The number of pyridine rings is 1. The zero-order valence-corrected chi connectivity index (χ0v) is 12.0. The minimum atomic E-state index is -1.15. The van der Waals surface area contributed by atoms with Crippen LogP contribution in [0.2, 0.25) is 0 Å². The van der Waals surface area contributed by atoms with E-state index in [0.29, 0.717) is 11.1 Å². The lowest BCUT2D eigenvalue weighted by molar-refractivity contribution is 0.0543. The first kappa shape index (κ1) is 15.5. The maximum atomic E-state index is 13.1. The van der Waals surface area contributed by atoms with Crippen LogP contribution in [-0.4, -0.2) is 16.6 Å². The lowest BCUT2D eigenvalue weighted by Crippen LogP contribution is -2.36. The molecule has 0 saturated carbocycles. The summed E-state index contributed by atoms with van der Waals surface area (Å²) in [5.74, 6) is -0.742. The smallest absolute Gasteiger partial charge is 0.141 e. The predicted octanol–water partition coefficient (Wildman–Crippen LogP) is 2.92. The van der Waals surface area contributed by atoms with Gasteiger partial charge in [0.1, 0.15) is 11.6 Å². The van der Waals surface area contributed by atoms with E-state index in [1.165, 1.54) is 18.2 Å². The topological polar surface area (TPSA) is 45.1 Å². The van der Waals surface area contributed by atoms with E-state index in [-0.39, 0.29) is 18.4 Å². The number of benzene rings is 1. The van der Waals surface area contributed by atoms with Gasteiger partial charge in [0, 0.05) is 18.8 Å². The number of hydrogen-bond donors (Lipinski definition) is 2. The van der Waals surface area contributed by atoms with Crippen molar-refractivity contribution in [3.63, 3.8) is 0 Å². The Labute approximate surface area is 122 Å². The van der Waals surface area contributed by atoms with Crippen molar-refractivity contribution in [1.82, 2.24) is 10.3 Å². The second-order valence-corrected chi connectivity index (χ2v) is 5.32. The average molecular weight is 292 g/mol. The molecule has 0 aliphatic heterocycles.